The van der Waals surface area contributed by atoms with Gasteiger partial charge >= 0.3 is 6.03 Å². The number of pyridine rings is 1. The highest BCUT2D eigenvalue weighted by Gasteiger charge is 2.26. The summed E-state index contributed by atoms with van der Waals surface area (Å²) in [6.07, 6.45) is 2.11. The summed E-state index contributed by atoms with van der Waals surface area (Å²) < 4.78 is 0. The first kappa shape index (κ1) is 18.8. The highest BCUT2D eigenvalue weighted by atomic mass is 32.2. The Hall–Kier alpha value is -2.54. The van der Waals surface area contributed by atoms with Crippen LogP contribution in [0.25, 0.3) is 0 Å². The summed E-state index contributed by atoms with van der Waals surface area (Å²) in [5, 5.41) is 3.86. The Balaban J connectivity index is 1.54. The molecule has 0 unspecified atom stereocenters. The van der Waals surface area contributed by atoms with Crippen molar-refractivity contribution in [2.75, 3.05) is 35.6 Å². The number of carbonyl (C=O) groups is 2. The van der Waals surface area contributed by atoms with Crippen molar-refractivity contribution in [2.24, 2.45) is 0 Å². The minimum atomic E-state index is -0.193. The standard InChI is InChI=1S/C21H24N4O2S/c1-14-12-15(2)22-19-18(14)25(10-11-28-19)21(27)23-17-7-5-6-16(13-17)20(26)24-8-3-4-9-24/h5-7,12-13H,3-4,8-11H2,1-2H3,(H,23,27). The lowest BCUT2D eigenvalue weighted by Crippen LogP contribution is -2.39. The molecule has 1 fully saturated rings. The van der Waals surface area contributed by atoms with E-state index in [-0.39, 0.29) is 11.9 Å². The van der Waals surface area contributed by atoms with E-state index in [1.54, 1.807) is 28.8 Å². The fraction of sp³-hybridized carbons (Fsp3) is 0.381. The van der Waals surface area contributed by atoms with Crippen LogP contribution >= 0.6 is 11.8 Å². The number of rotatable bonds is 2. The first-order chi connectivity index (χ1) is 13.5. The van der Waals surface area contributed by atoms with Gasteiger partial charge in [0, 0.05) is 42.3 Å². The Morgan fingerprint density at radius 2 is 1.89 bits per heavy atom. The molecule has 1 aromatic heterocycles. The average molecular weight is 397 g/mol. The second-order valence-corrected chi connectivity index (χ2v) is 8.33. The van der Waals surface area contributed by atoms with Crippen molar-refractivity contribution in [2.45, 2.75) is 31.7 Å². The predicted octanol–water partition coefficient (Wildman–Crippen LogP) is 4.08. The monoisotopic (exact) mass is 396 g/mol. The van der Waals surface area contributed by atoms with E-state index in [1.165, 1.54) is 0 Å². The lowest BCUT2D eigenvalue weighted by molar-refractivity contribution is 0.0793. The van der Waals surface area contributed by atoms with Crippen LogP contribution in [0.2, 0.25) is 0 Å². The topological polar surface area (TPSA) is 65.5 Å². The second kappa shape index (κ2) is 7.83. The Kier molecular flexibility index (Phi) is 5.26. The number of likely N-dealkylation sites (tertiary alicyclic amines) is 1. The molecule has 3 heterocycles. The van der Waals surface area contributed by atoms with Crippen LogP contribution in [0.5, 0.6) is 0 Å². The van der Waals surface area contributed by atoms with Gasteiger partial charge in [-0.15, -0.1) is 11.8 Å². The highest BCUT2D eigenvalue weighted by molar-refractivity contribution is 7.99. The number of hydrogen-bond donors (Lipinski definition) is 1. The Labute approximate surface area is 169 Å². The summed E-state index contributed by atoms with van der Waals surface area (Å²) >= 11 is 1.68. The van der Waals surface area contributed by atoms with Gasteiger partial charge < -0.3 is 10.2 Å². The molecule has 0 bridgehead atoms. The average Bonchev–Trinajstić information content (AvgIpc) is 3.21. The van der Waals surface area contributed by atoms with E-state index < -0.39 is 0 Å². The molecule has 2 aliphatic rings. The van der Waals surface area contributed by atoms with Gasteiger partial charge in [0.15, 0.2) is 0 Å². The van der Waals surface area contributed by atoms with E-state index in [1.807, 2.05) is 36.9 Å². The number of fused-ring (bicyclic) bond motifs is 1. The number of aromatic nitrogens is 1. The van der Waals surface area contributed by atoms with Crippen LogP contribution in [-0.4, -0.2) is 47.2 Å². The quantitative estimate of drug-likeness (QED) is 0.831. The molecule has 146 valence electrons. The first-order valence-electron chi connectivity index (χ1n) is 9.62. The molecule has 7 heteroatoms. The zero-order chi connectivity index (χ0) is 19.7. The fourth-order valence-corrected chi connectivity index (χ4v) is 4.88. The SMILES string of the molecule is Cc1cc(C)c2c(n1)SCCN2C(=O)Nc1cccc(C(=O)N2CCCC2)c1. The summed E-state index contributed by atoms with van der Waals surface area (Å²) in [6.45, 7) is 6.22. The molecule has 0 spiro atoms. The van der Waals surface area contributed by atoms with E-state index in [4.69, 9.17) is 0 Å². The predicted molar refractivity (Wildman–Crippen MR) is 112 cm³/mol. The molecule has 0 aliphatic carbocycles. The third-order valence-corrected chi connectivity index (χ3v) is 6.05. The molecular weight excluding hydrogens is 372 g/mol. The number of anilines is 2. The molecule has 3 amide bonds. The molecule has 0 saturated carbocycles. The number of hydrogen-bond acceptors (Lipinski definition) is 4. The molecule has 6 nitrogen and oxygen atoms in total. The van der Waals surface area contributed by atoms with Crippen molar-refractivity contribution in [3.63, 3.8) is 0 Å². The number of amides is 3. The van der Waals surface area contributed by atoms with Crippen molar-refractivity contribution < 1.29 is 9.59 Å². The van der Waals surface area contributed by atoms with E-state index in [0.29, 0.717) is 17.8 Å². The normalized spacial score (nSPS) is 16.1. The molecule has 2 aromatic rings. The van der Waals surface area contributed by atoms with E-state index in [0.717, 1.165) is 53.7 Å². The number of nitrogens with zero attached hydrogens (tertiary/aromatic N) is 3. The number of benzene rings is 1. The minimum absolute atomic E-state index is 0.0313. The smallest absolute Gasteiger partial charge is 0.326 e. The summed E-state index contributed by atoms with van der Waals surface area (Å²) in [5.74, 6) is 0.841. The van der Waals surface area contributed by atoms with Gasteiger partial charge in [0.1, 0.15) is 5.03 Å². The van der Waals surface area contributed by atoms with Crippen molar-refractivity contribution in [3.8, 4) is 0 Å². The van der Waals surface area contributed by atoms with Gasteiger partial charge in [0.2, 0.25) is 0 Å². The van der Waals surface area contributed by atoms with Crippen LogP contribution in [0, 0.1) is 13.8 Å². The van der Waals surface area contributed by atoms with Crippen molar-refractivity contribution in [1.82, 2.24) is 9.88 Å². The summed E-state index contributed by atoms with van der Waals surface area (Å²) in [7, 11) is 0. The zero-order valence-corrected chi connectivity index (χ0v) is 17.0. The summed E-state index contributed by atoms with van der Waals surface area (Å²) in [5.41, 5.74) is 4.13. The van der Waals surface area contributed by atoms with Crippen LogP contribution in [0.3, 0.4) is 0 Å². The fourth-order valence-electron chi connectivity index (χ4n) is 3.80. The van der Waals surface area contributed by atoms with E-state index >= 15 is 0 Å². The molecular formula is C21H24N4O2S. The lowest BCUT2D eigenvalue weighted by atomic mass is 10.1. The maximum atomic E-state index is 13.0. The molecule has 0 radical (unpaired) electrons. The molecule has 28 heavy (non-hydrogen) atoms. The van der Waals surface area contributed by atoms with Gasteiger partial charge in [-0.2, -0.15) is 0 Å². The third-order valence-electron chi connectivity index (χ3n) is 5.10. The van der Waals surface area contributed by atoms with Gasteiger partial charge in [-0.3, -0.25) is 9.69 Å². The van der Waals surface area contributed by atoms with Crippen LogP contribution in [0.1, 0.15) is 34.5 Å². The number of thioether (sulfide) groups is 1. The number of carbonyl (C=O) groups excluding carboxylic acids is 2. The molecule has 4 rings (SSSR count). The van der Waals surface area contributed by atoms with Crippen molar-refractivity contribution >= 4 is 35.1 Å². The Morgan fingerprint density at radius 1 is 1.11 bits per heavy atom. The van der Waals surface area contributed by atoms with E-state index in [2.05, 4.69) is 10.3 Å². The van der Waals surface area contributed by atoms with Gasteiger partial charge in [-0.1, -0.05) is 6.07 Å². The molecule has 1 aromatic carbocycles. The minimum Gasteiger partial charge on any atom is -0.339 e. The molecule has 0 atom stereocenters. The summed E-state index contributed by atoms with van der Waals surface area (Å²) in [4.78, 5) is 33.8. The Bertz CT molecular complexity index is 925. The largest absolute Gasteiger partial charge is 0.339 e. The number of urea groups is 1. The first-order valence-corrected chi connectivity index (χ1v) is 10.6. The van der Waals surface area contributed by atoms with Gasteiger partial charge in [-0.25, -0.2) is 9.78 Å². The maximum absolute atomic E-state index is 13.0. The lowest BCUT2D eigenvalue weighted by Gasteiger charge is -2.30. The van der Waals surface area contributed by atoms with Crippen molar-refractivity contribution in [3.05, 3.63) is 47.2 Å². The zero-order valence-electron chi connectivity index (χ0n) is 16.2. The second-order valence-electron chi connectivity index (χ2n) is 7.24. The third kappa shape index (κ3) is 3.71. The highest BCUT2D eigenvalue weighted by Crippen LogP contribution is 2.36. The molecule has 1 saturated heterocycles. The van der Waals surface area contributed by atoms with Crippen molar-refractivity contribution in [1.29, 1.82) is 0 Å². The molecule has 1 N–H and O–H groups in total. The van der Waals surface area contributed by atoms with Crippen LogP contribution in [0.15, 0.2) is 35.4 Å². The van der Waals surface area contributed by atoms with Gasteiger partial charge in [0.05, 0.1) is 5.69 Å². The van der Waals surface area contributed by atoms with E-state index in [9.17, 15) is 9.59 Å². The number of aryl methyl sites for hydroxylation is 2. The van der Waals surface area contributed by atoms with Crippen LogP contribution in [-0.2, 0) is 0 Å². The summed E-state index contributed by atoms with van der Waals surface area (Å²) in [6, 6.07) is 9.01. The van der Waals surface area contributed by atoms with Crippen LogP contribution < -0.4 is 10.2 Å². The Morgan fingerprint density at radius 3 is 2.68 bits per heavy atom. The molecule has 2 aliphatic heterocycles. The van der Waals surface area contributed by atoms with Gasteiger partial charge in [-0.05, 0) is 56.5 Å². The van der Waals surface area contributed by atoms with Crippen LogP contribution in [0.4, 0.5) is 16.2 Å². The maximum Gasteiger partial charge on any atom is 0.326 e. The van der Waals surface area contributed by atoms with Gasteiger partial charge in [0.25, 0.3) is 5.91 Å². The number of nitrogens with one attached hydrogen (secondary N) is 1.